The first-order valence-corrected chi connectivity index (χ1v) is 8.46. The van der Waals surface area contributed by atoms with E-state index in [-0.39, 0.29) is 0 Å². The Morgan fingerprint density at radius 2 is 1.96 bits per heavy atom. The second-order valence-electron chi connectivity index (χ2n) is 6.02. The van der Waals surface area contributed by atoms with Gasteiger partial charge in [0.25, 0.3) is 0 Å². The van der Waals surface area contributed by atoms with Crippen LogP contribution in [0.3, 0.4) is 0 Å². The van der Waals surface area contributed by atoms with Crippen LogP contribution in [0.1, 0.15) is 0 Å². The normalized spacial score (nSPS) is 14.5. The van der Waals surface area contributed by atoms with Crippen molar-refractivity contribution >= 4 is 28.0 Å². The molecule has 0 spiro atoms. The minimum absolute atomic E-state index is 0.781. The molecule has 0 atom stereocenters. The summed E-state index contributed by atoms with van der Waals surface area (Å²) in [4.78, 5) is 6.89. The van der Waals surface area contributed by atoms with Crippen LogP contribution in [0.5, 0.6) is 5.75 Å². The fourth-order valence-corrected chi connectivity index (χ4v) is 3.12. The van der Waals surface area contributed by atoms with Crippen molar-refractivity contribution in [2.24, 2.45) is 0 Å². The van der Waals surface area contributed by atoms with E-state index in [9.17, 15) is 0 Å². The fourth-order valence-electron chi connectivity index (χ4n) is 3.12. The zero-order chi connectivity index (χ0) is 17.1. The first kappa shape index (κ1) is 15.7. The Labute approximate surface area is 147 Å². The second kappa shape index (κ2) is 6.99. The minimum Gasteiger partial charge on any atom is -0.497 e. The number of benzene rings is 2. The Kier molecular flexibility index (Phi) is 4.39. The number of nitrogens with one attached hydrogen (secondary N) is 1. The van der Waals surface area contributed by atoms with Gasteiger partial charge in [-0.2, -0.15) is 0 Å². The summed E-state index contributed by atoms with van der Waals surface area (Å²) in [5.74, 6) is 0.831. The van der Waals surface area contributed by atoms with E-state index in [1.54, 1.807) is 7.11 Å². The predicted molar refractivity (Wildman–Crippen MR) is 101 cm³/mol. The van der Waals surface area contributed by atoms with Crippen LogP contribution >= 0.6 is 0 Å². The highest BCUT2D eigenvalue weighted by atomic mass is 16.5. The highest BCUT2D eigenvalue weighted by Gasteiger charge is 2.12. The number of aromatic nitrogens is 1. The number of morpholine rings is 1. The summed E-state index contributed by atoms with van der Waals surface area (Å²) in [5.41, 5.74) is 4.20. The molecule has 0 bridgehead atoms. The molecule has 2 heterocycles. The molecule has 1 aliphatic heterocycles. The fraction of sp³-hybridized carbons (Fsp3) is 0.250. The Balaban J connectivity index is 1.65. The molecule has 5 nitrogen and oxygen atoms in total. The summed E-state index contributed by atoms with van der Waals surface area (Å²) < 4.78 is 10.7. The molecule has 4 rings (SSSR count). The van der Waals surface area contributed by atoms with Gasteiger partial charge >= 0.3 is 0 Å². The van der Waals surface area contributed by atoms with Crippen molar-refractivity contribution in [3.05, 3.63) is 54.7 Å². The van der Waals surface area contributed by atoms with Gasteiger partial charge in [-0.3, -0.25) is 4.98 Å². The molecule has 0 saturated carbocycles. The average Bonchev–Trinajstić information content (AvgIpc) is 2.69. The summed E-state index contributed by atoms with van der Waals surface area (Å²) in [6, 6.07) is 16.4. The van der Waals surface area contributed by atoms with Crippen LogP contribution in [0.15, 0.2) is 54.7 Å². The van der Waals surface area contributed by atoms with E-state index in [1.165, 1.54) is 5.69 Å². The second-order valence-corrected chi connectivity index (χ2v) is 6.02. The zero-order valence-corrected chi connectivity index (χ0v) is 14.2. The van der Waals surface area contributed by atoms with Gasteiger partial charge in [-0.15, -0.1) is 0 Å². The first-order valence-electron chi connectivity index (χ1n) is 8.46. The number of fused-ring (bicyclic) bond motifs is 1. The number of hydrogen-bond donors (Lipinski definition) is 1. The topological polar surface area (TPSA) is 46.6 Å². The van der Waals surface area contributed by atoms with Gasteiger partial charge < -0.3 is 19.7 Å². The van der Waals surface area contributed by atoms with E-state index in [1.807, 2.05) is 36.5 Å². The highest BCUT2D eigenvalue weighted by molar-refractivity contribution is 5.94. The quantitative estimate of drug-likeness (QED) is 0.785. The van der Waals surface area contributed by atoms with Crippen LogP contribution < -0.4 is 15.0 Å². The van der Waals surface area contributed by atoms with Crippen LogP contribution in [0.2, 0.25) is 0 Å². The molecule has 1 N–H and O–H groups in total. The molecule has 0 aliphatic carbocycles. The monoisotopic (exact) mass is 335 g/mol. The summed E-state index contributed by atoms with van der Waals surface area (Å²) in [6.07, 6.45) is 1.84. The SMILES string of the molecule is COc1cccc(Nc2ccnc3cc(N4CCOCC4)ccc23)c1. The lowest BCUT2D eigenvalue weighted by Crippen LogP contribution is -2.36. The molecule has 1 aromatic heterocycles. The standard InChI is InChI=1S/C20H21N3O2/c1-24-17-4-2-3-15(13-17)22-19-7-8-21-20-14-16(5-6-18(19)20)23-9-11-25-12-10-23/h2-8,13-14H,9-12H2,1H3,(H,21,22). The van der Waals surface area contributed by atoms with Gasteiger partial charge in [-0.05, 0) is 36.4 Å². The van der Waals surface area contributed by atoms with Crippen molar-refractivity contribution in [3.63, 3.8) is 0 Å². The highest BCUT2D eigenvalue weighted by Crippen LogP contribution is 2.29. The summed E-state index contributed by atoms with van der Waals surface area (Å²) in [6.45, 7) is 3.41. The average molecular weight is 335 g/mol. The van der Waals surface area contributed by atoms with E-state index >= 15 is 0 Å². The largest absolute Gasteiger partial charge is 0.497 e. The zero-order valence-electron chi connectivity index (χ0n) is 14.2. The smallest absolute Gasteiger partial charge is 0.120 e. The predicted octanol–water partition coefficient (Wildman–Crippen LogP) is 3.82. The van der Waals surface area contributed by atoms with E-state index in [4.69, 9.17) is 9.47 Å². The number of anilines is 3. The maximum atomic E-state index is 5.44. The molecule has 1 aliphatic rings. The lowest BCUT2D eigenvalue weighted by molar-refractivity contribution is 0.122. The number of methoxy groups -OCH3 is 1. The molecule has 25 heavy (non-hydrogen) atoms. The first-order chi connectivity index (χ1) is 12.3. The van der Waals surface area contributed by atoms with Gasteiger partial charge in [0, 0.05) is 47.8 Å². The maximum absolute atomic E-state index is 5.44. The van der Waals surface area contributed by atoms with Crippen LogP contribution in [0.25, 0.3) is 10.9 Å². The van der Waals surface area contributed by atoms with Crippen LogP contribution in [0, 0.1) is 0 Å². The van der Waals surface area contributed by atoms with Gasteiger partial charge in [0.15, 0.2) is 0 Å². The van der Waals surface area contributed by atoms with Gasteiger partial charge in [0.1, 0.15) is 5.75 Å². The molecular formula is C20H21N3O2. The van der Waals surface area contributed by atoms with Crippen molar-refractivity contribution in [1.82, 2.24) is 4.98 Å². The lowest BCUT2D eigenvalue weighted by Gasteiger charge is -2.29. The minimum atomic E-state index is 0.781. The van der Waals surface area contributed by atoms with E-state index in [2.05, 4.69) is 33.4 Å². The van der Waals surface area contributed by atoms with Crippen molar-refractivity contribution in [1.29, 1.82) is 0 Å². The van der Waals surface area contributed by atoms with Crippen molar-refractivity contribution < 1.29 is 9.47 Å². The third-order valence-corrected chi connectivity index (χ3v) is 4.45. The van der Waals surface area contributed by atoms with Crippen molar-refractivity contribution in [2.45, 2.75) is 0 Å². The Morgan fingerprint density at radius 1 is 1.08 bits per heavy atom. The number of ether oxygens (including phenoxy) is 2. The van der Waals surface area contributed by atoms with Crippen LogP contribution in [-0.2, 0) is 4.74 Å². The Hall–Kier alpha value is -2.79. The molecule has 1 fully saturated rings. The van der Waals surface area contributed by atoms with Gasteiger partial charge in [-0.1, -0.05) is 6.07 Å². The molecule has 0 unspecified atom stereocenters. The Bertz CT molecular complexity index is 876. The molecular weight excluding hydrogens is 314 g/mol. The molecule has 1 saturated heterocycles. The molecule has 0 amide bonds. The van der Waals surface area contributed by atoms with Crippen molar-refractivity contribution in [2.75, 3.05) is 43.6 Å². The molecule has 2 aromatic carbocycles. The van der Waals surface area contributed by atoms with E-state index < -0.39 is 0 Å². The van der Waals surface area contributed by atoms with E-state index in [0.717, 1.165) is 54.3 Å². The third-order valence-electron chi connectivity index (χ3n) is 4.45. The Morgan fingerprint density at radius 3 is 2.80 bits per heavy atom. The summed E-state index contributed by atoms with van der Waals surface area (Å²) >= 11 is 0. The number of rotatable bonds is 4. The number of pyridine rings is 1. The maximum Gasteiger partial charge on any atom is 0.120 e. The lowest BCUT2D eigenvalue weighted by atomic mass is 10.1. The third kappa shape index (κ3) is 3.37. The summed E-state index contributed by atoms with van der Waals surface area (Å²) in [5, 5.41) is 4.57. The molecule has 3 aromatic rings. The molecule has 5 heteroatoms. The van der Waals surface area contributed by atoms with Crippen LogP contribution in [-0.4, -0.2) is 38.4 Å². The van der Waals surface area contributed by atoms with Crippen LogP contribution in [0.4, 0.5) is 17.1 Å². The molecule has 0 radical (unpaired) electrons. The number of hydrogen-bond acceptors (Lipinski definition) is 5. The van der Waals surface area contributed by atoms with Gasteiger partial charge in [-0.25, -0.2) is 0 Å². The summed E-state index contributed by atoms with van der Waals surface area (Å²) in [7, 11) is 1.67. The van der Waals surface area contributed by atoms with Gasteiger partial charge in [0.05, 0.1) is 25.8 Å². The number of nitrogens with zero attached hydrogens (tertiary/aromatic N) is 2. The molecule has 128 valence electrons. The van der Waals surface area contributed by atoms with Gasteiger partial charge in [0.2, 0.25) is 0 Å². The van der Waals surface area contributed by atoms with Crippen molar-refractivity contribution in [3.8, 4) is 5.75 Å². The van der Waals surface area contributed by atoms with E-state index in [0.29, 0.717) is 0 Å².